The topological polar surface area (TPSA) is 43.8 Å². The van der Waals surface area contributed by atoms with Crippen molar-refractivity contribution in [1.82, 2.24) is 9.55 Å². The largest absolute Gasteiger partial charge is 0.398 e. The van der Waals surface area contributed by atoms with Crippen molar-refractivity contribution in [3.63, 3.8) is 0 Å². The first-order valence-electron chi connectivity index (χ1n) is 6.71. The van der Waals surface area contributed by atoms with Gasteiger partial charge in [-0.1, -0.05) is 17.7 Å². The van der Waals surface area contributed by atoms with E-state index in [1.54, 1.807) is 6.07 Å². The van der Waals surface area contributed by atoms with E-state index >= 15 is 0 Å². The quantitative estimate of drug-likeness (QED) is 0.700. The van der Waals surface area contributed by atoms with Gasteiger partial charge in [0, 0.05) is 17.3 Å². The Balaban J connectivity index is 2.40. The molecule has 0 aliphatic heterocycles. The Labute approximate surface area is 127 Å². The van der Waals surface area contributed by atoms with Crippen LogP contribution in [0.5, 0.6) is 0 Å². The van der Waals surface area contributed by atoms with Gasteiger partial charge in [-0.25, -0.2) is 9.37 Å². The summed E-state index contributed by atoms with van der Waals surface area (Å²) in [5.74, 6) is 0.290. The van der Waals surface area contributed by atoms with Gasteiger partial charge in [-0.05, 0) is 44.2 Å². The lowest BCUT2D eigenvalue weighted by molar-refractivity contribution is 0.619. The van der Waals surface area contributed by atoms with Gasteiger partial charge in [0.15, 0.2) is 0 Å². The van der Waals surface area contributed by atoms with Gasteiger partial charge < -0.3 is 10.3 Å². The van der Waals surface area contributed by atoms with Gasteiger partial charge in [0.2, 0.25) is 0 Å². The second-order valence-corrected chi connectivity index (χ2v) is 5.65. The molecule has 1 heterocycles. The number of imidazole rings is 1. The van der Waals surface area contributed by atoms with Crippen molar-refractivity contribution in [1.29, 1.82) is 0 Å². The average Bonchev–Trinajstić information content (AvgIpc) is 2.82. The number of fused-ring (bicyclic) bond motifs is 1. The van der Waals surface area contributed by atoms with E-state index in [0.717, 1.165) is 11.0 Å². The maximum atomic E-state index is 13.6. The lowest BCUT2D eigenvalue weighted by Gasteiger charge is -2.15. The minimum atomic E-state index is -0.340. The number of hydrogen-bond acceptors (Lipinski definition) is 2. The molecule has 0 unspecified atom stereocenters. The average molecular weight is 304 g/mol. The van der Waals surface area contributed by atoms with Gasteiger partial charge in [-0.2, -0.15) is 0 Å². The van der Waals surface area contributed by atoms with E-state index in [4.69, 9.17) is 17.3 Å². The fourth-order valence-corrected chi connectivity index (χ4v) is 2.78. The second-order valence-electron chi connectivity index (χ2n) is 5.24. The molecule has 5 heteroatoms. The normalized spacial score (nSPS) is 11.5. The van der Waals surface area contributed by atoms with Crippen molar-refractivity contribution < 1.29 is 4.39 Å². The number of aromatic nitrogens is 2. The molecular formula is C16H15ClFN3. The molecule has 2 N–H and O–H groups in total. The summed E-state index contributed by atoms with van der Waals surface area (Å²) in [5, 5.41) is 0.620. The molecule has 0 radical (unpaired) electrons. The molecule has 21 heavy (non-hydrogen) atoms. The number of para-hydroxylation sites is 1. The monoisotopic (exact) mass is 303 g/mol. The highest BCUT2D eigenvalue weighted by atomic mass is 35.5. The van der Waals surface area contributed by atoms with Crippen LogP contribution in [0, 0.1) is 5.82 Å². The highest BCUT2D eigenvalue weighted by Gasteiger charge is 2.18. The van der Waals surface area contributed by atoms with Crippen molar-refractivity contribution in [2.75, 3.05) is 5.73 Å². The highest BCUT2D eigenvalue weighted by Crippen LogP contribution is 2.34. The first-order chi connectivity index (χ1) is 9.99. The Morgan fingerprint density at radius 3 is 2.71 bits per heavy atom. The summed E-state index contributed by atoms with van der Waals surface area (Å²) in [6.45, 7) is 4.06. The van der Waals surface area contributed by atoms with E-state index in [9.17, 15) is 4.39 Å². The van der Waals surface area contributed by atoms with Crippen LogP contribution in [0.15, 0.2) is 36.4 Å². The first kappa shape index (κ1) is 13.9. The molecule has 0 aliphatic rings. The van der Waals surface area contributed by atoms with Gasteiger partial charge in [0.05, 0.1) is 16.1 Å². The Hall–Kier alpha value is -2.07. The molecule has 3 aromatic rings. The maximum absolute atomic E-state index is 13.6. The summed E-state index contributed by atoms with van der Waals surface area (Å²) in [5.41, 5.74) is 8.68. The van der Waals surface area contributed by atoms with Crippen molar-refractivity contribution in [2.45, 2.75) is 19.9 Å². The van der Waals surface area contributed by atoms with E-state index in [1.165, 1.54) is 12.1 Å². The second kappa shape index (κ2) is 5.04. The van der Waals surface area contributed by atoms with Crippen LogP contribution in [0.1, 0.15) is 19.9 Å². The zero-order valence-corrected chi connectivity index (χ0v) is 12.5. The van der Waals surface area contributed by atoms with E-state index in [2.05, 4.69) is 4.98 Å². The van der Waals surface area contributed by atoms with Crippen molar-refractivity contribution >= 4 is 28.3 Å². The third-order valence-electron chi connectivity index (χ3n) is 3.43. The highest BCUT2D eigenvalue weighted by molar-refractivity contribution is 6.35. The molecule has 0 atom stereocenters. The number of nitrogen functional groups attached to an aromatic ring is 1. The smallest absolute Gasteiger partial charge is 0.143 e. The molecule has 0 spiro atoms. The van der Waals surface area contributed by atoms with Crippen LogP contribution < -0.4 is 5.73 Å². The molecule has 0 saturated heterocycles. The summed E-state index contributed by atoms with van der Waals surface area (Å²) in [7, 11) is 0. The zero-order chi connectivity index (χ0) is 15.1. The molecule has 0 aliphatic carbocycles. The Bertz CT molecular complexity index is 824. The fourth-order valence-electron chi connectivity index (χ4n) is 2.52. The van der Waals surface area contributed by atoms with Gasteiger partial charge >= 0.3 is 0 Å². The number of hydrogen-bond donors (Lipinski definition) is 1. The Morgan fingerprint density at radius 1 is 1.24 bits per heavy atom. The molecule has 108 valence electrons. The lowest BCUT2D eigenvalue weighted by atomic mass is 10.1. The summed E-state index contributed by atoms with van der Waals surface area (Å²) < 4.78 is 15.6. The van der Waals surface area contributed by atoms with Crippen LogP contribution in [0.4, 0.5) is 10.1 Å². The predicted molar refractivity (Wildman–Crippen MR) is 84.9 cm³/mol. The number of rotatable bonds is 2. The van der Waals surface area contributed by atoms with Crippen LogP contribution in [0.3, 0.4) is 0 Å². The minimum absolute atomic E-state index is 0.118. The van der Waals surface area contributed by atoms with E-state index in [-0.39, 0.29) is 11.9 Å². The number of nitrogens with zero attached hydrogens (tertiary/aromatic N) is 2. The minimum Gasteiger partial charge on any atom is -0.398 e. The van der Waals surface area contributed by atoms with Crippen LogP contribution in [0.2, 0.25) is 5.02 Å². The van der Waals surface area contributed by atoms with Crippen LogP contribution in [0.25, 0.3) is 22.4 Å². The van der Waals surface area contributed by atoms with E-state index in [1.807, 2.05) is 36.6 Å². The van der Waals surface area contributed by atoms with Gasteiger partial charge in [-0.3, -0.25) is 0 Å². The predicted octanol–water partition coefficient (Wildman–Crippen LogP) is 4.66. The van der Waals surface area contributed by atoms with Gasteiger partial charge in [0.25, 0.3) is 0 Å². The summed E-state index contributed by atoms with van der Waals surface area (Å²) in [4.78, 5) is 4.60. The molecule has 1 aromatic heterocycles. The number of nitrogens with two attached hydrogens (primary N) is 1. The molecule has 2 aromatic carbocycles. The molecule has 3 nitrogen and oxygen atoms in total. The van der Waals surface area contributed by atoms with Gasteiger partial charge in [0.1, 0.15) is 11.6 Å². The Kier molecular flexibility index (Phi) is 3.33. The number of benzene rings is 2. The van der Waals surface area contributed by atoms with Crippen LogP contribution in [-0.4, -0.2) is 9.55 Å². The fraction of sp³-hybridized carbons (Fsp3) is 0.188. The molecule has 0 saturated carbocycles. The number of halogens is 2. The summed E-state index contributed by atoms with van der Waals surface area (Å²) in [6, 6.07) is 9.98. The molecule has 0 bridgehead atoms. The molecule has 3 rings (SSSR count). The van der Waals surface area contributed by atoms with Crippen LogP contribution in [-0.2, 0) is 0 Å². The molecule has 0 amide bonds. The Morgan fingerprint density at radius 2 is 2.00 bits per heavy atom. The SMILES string of the molecule is CC(C)n1c(-c2cc(F)ccc2N)nc2cccc(Cl)c21. The van der Waals surface area contributed by atoms with Crippen molar-refractivity contribution in [3.05, 3.63) is 47.2 Å². The zero-order valence-electron chi connectivity index (χ0n) is 11.8. The van der Waals surface area contributed by atoms with E-state index in [0.29, 0.717) is 22.1 Å². The third-order valence-corrected chi connectivity index (χ3v) is 3.74. The third kappa shape index (κ3) is 2.25. The number of anilines is 1. The maximum Gasteiger partial charge on any atom is 0.143 e. The lowest BCUT2D eigenvalue weighted by Crippen LogP contribution is -2.05. The molecule has 0 fully saturated rings. The van der Waals surface area contributed by atoms with Crippen LogP contribution >= 0.6 is 11.6 Å². The summed E-state index contributed by atoms with van der Waals surface area (Å²) in [6.07, 6.45) is 0. The summed E-state index contributed by atoms with van der Waals surface area (Å²) >= 11 is 6.31. The van der Waals surface area contributed by atoms with Gasteiger partial charge in [-0.15, -0.1) is 0 Å². The van der Waals surface area contributed by atoms with Crippen molar-refractivity contribution in [2.24, 2.45) is 0 Å². The first-order valence-corrected chi connectivity index (χ1v) is 7.08. The van der Waals surface area contributed by atoms with E-state index < -0.39 is 0 Å². The standard InChI is InChI=1S/C16H15ClFN3/c1-9(2)21-15-12(17)4-3-5-14(15)20-16(21)11-8-10(18)6-7-13(11)19/h3-9H,19H2,1-2H3. The van der Waals surface area contributed by atoms with Crippen molar-refractivity contribution in [3.8, 4) is 11.4 Å². The molecular weight excluding hydrogens is 289 g/mol.